The Morgan fingerprint density at radius 1 is 1.12 bits per heavy atom. The normalized spacial score (nSPS) is 10.5. The fourth-order valence-corrected chi connectivity index (χ4v) is 3.19. The first-order valence-corrected chi connectivity index (χ1v) is 9.06. The highest BCUT2D eigenvalue weighted by molar-refractivity contribution is 7.10. The van der Waals surface area contributed by atoms with Crippen LogP contribution in [0.15, 0.2) is 53.9 Å². The van der Waals surface area contributed by atoms with Gasteiger partial charge in [0, 0.05) is 16.6 Å². The molecule has 25 heavy (non-hydrogen) atoms. The van der Waals surface area contributed by atoms with Crippen molar-refractivity contribution in [2.45, 2.75) is 20.3 Å². The lowest BCUT2D eigenvalue weighted by Crippen LogP contribution is -2.14. The van der Waals surface area contributed by atoms with E-state index in [9.17, 15) is 4.79 Å². The van der Waals surface area contributed by atoms with Crippen molar-refractivity contribution >= 4 is 22.9 Å². The lowest BCUT2D eigenvalue weighted by atomic mass is 10.2. The minimum atomic E-state index is -0.0588. The summed E-state index contributed by atoms with van der Waals surface area (Å²) in [6.45, 7) is 4.63. The van der Waals surface area contributed by atoms with E-state index >= 15 is 0 Å². The zero-order chi connectivity index (χ0) is 17.6. The summed E-state index contributed by atoms with van der Waals surface area (Å²) >= 11 is 1.50. The summed E-state index contributed by atoms with van der Waals surface area (Å²) in [7, 11) is 0. The predicted molar refractivity (Wildman–Crippen MR) is 102 cm³/mol. The van der Waals surface area contributed by atoms with E-state index in [1.807, 2.05) is 67.8 Å². The SMILES string of the molecule is CCOc1ccc(-c2csc(CC(=O)Nc3ccc(C)cc3)n2)cc1. The predicted octanol–water partition coefficient (Wildman–Crippen LogP) is 4.70. The molecule has 0 radical (unpaired) electrons. The highest BCUT2D eigenvalue weighted by Gasteiger charge is 2.10. The van der Waals surface area contributed by atoms with Crippen LogP contribution in [0.25, 0.3) is 11.3 Å². The third kappa shape index (κ3) is 4.67. The first-order valence-electron chi connectivity index (χ1n) is 8.18. The molecule has 3 rings (SSSR count). The molecule has 0 aliphatic heterocycles. The minimum Gasteiger partial charge on any atom is -0.494 e. The number of anilines is 1. The Bertz CT molecular complexity index is 839. The highest BCUT2D eigenvalue weighted by atomic mass is 32.1. The lowest BCUT2D eigenvalue weighted by molar-refractivity contribution is -0.115. The van der Waals surface area contributed by atoms with Crippen molar-refractivity contribution in [1.82, 2.24) is 4.98 Å². The molecule has 0 aliphatic carbocycles. The fraction of sp³-hybridized carbons (Fsp3) is 0.200. The number of aryl methyl sites for hydroxylation is 1. The molecule has 2 aromatic carbocycles. The van der Waals surface area contributed by atoms with Crippen molar-refractivity contribution in [3.05, 3.63) is 64.5 Å². The van der Waals surface area contributed by atoms with Crippen LogP contribution in [0.2, 0.25) is 0 Å². The van der Waals surface area contributed by atoms with E-state index < -0.39 is 0 Å². The summed E-state index contributed by atoms with van der Waals surface area (Å²) in [6, 6.07) is 15.6. The van der Waals surface area contributed by atoms with Gasteiger partial charge in [0.1, 0.15) is 10.8 Å². The van der Waals surface area contributed by atoms with Gasteiger partial charge >= 0.3 is 0 Å². The fourth-order valence-electron chi connectivity index (χ4n) is 2.39. The number of hydrogen-bond donors (Lipinski definition) is 1. The van der Waals surface area contributed by atoms with Crippen molar-refractivity contribution in [3.63, 3.8) is 0 Å². The molecule has 0 atom stereocenters. The average Bonchev–Trinajstić information content (AvgIpc) is 3.06. The molecule has 0 spiro atoms. The van der Waals surface area contributed by atoms with Gasteiger partial charge in [-0.05, 0) is 50.2 Å². The molecule has 3 aromatic rings. The number of nitrogens with one attached hydrogen (secondary N) is 1. The molecule has 1 amide bonds. The second kappa shape index (κ2) is 7.94. The number of aromatic nitrogens is 1. The Kier molecular flexibility index (Phi) is 5.46. The minimum absolute atomic E-state index is 0.0588. The summed E-state index contributed by atoms with van der Waals surface area (Å²) in [5, 5.41) is 5.68. The molecule has 1 heterocycles. The topological polar surface area (TPSA) is 51.2 Å². The first kappa shape index (κ1) is 17.2. The molecule has 0 aliphatic rings. The number of carbonyl (C=O) groups excluding carboxylic acids is 1. The summed E-state index contributed by atoms with van der Waals surface area (Å²) in [4.78, 5) is 16.7. The van der Waals surface area contributed by atoms with Crippen molar-refractivity contribution in [2.75, 3.05) is 11.9 Å². The first-order chi connectivity index (χ1) is 12.1. The number of hydrogen-bond acceptors (Lipinski definition) is 4. The maximum Gasteiger partial charge on any atom is 0.231 e. The lowest BCUT2D eigenvalue weighted by Gasteiger charge is -2.04. The molecule has 0 unspecified atom stereocenters. The third-order valence-corrected chi connectivity index (χ3v) is 4.51. The van der Waals surface area contributed by atoms with Gasteiger partial charge in [0.25, 0.3) is 0 Å². The molecule has 0 saturated carbocycles. The summed E-state index contributed by atoms with van der Waals surface area (Å²) in [5.41, 5.74) is 3.87. The van der Waals surface area contributed by atoms with E-state index in [-0.39, 0.29) is 12.3 Å². The number of carbonyl (C=O) groups is 1. The number of benzene rings is 2. The summed E-state index contributed by atoms with van der Waals surface area (Å²) in [5.74, 6) is 0.788. The molecule has 1 N–H and O–H groups in total. The van der Waals surface area contributed by atoms with Crippen LogP contribution in [-0.2, 0) is 11.2 Å². The van der Waals surface area contributed by atoms with Crippen molar-refractivity contribution in [3.8, 4) is 17.0 Å². The second-order valence-electron chi connectivity index (χ2n) is 5.67. The number of nitrogens with zero attached hydrogens (tertiary/aromatic N) is 1. The number of amides is 1. The Hall–Kier alpha value is -2.66. The Morgan fingerprint density at radius 3 is 2.52 bits per heavy atom. The van der Waals surface area contributed by atoms with E-state index in [1.54, 1.807) is 0 Å². The van der Waals surface area contributed by atoms with Crippen LogP contribution in [0.1, 0.15) is 17.5 Å². The van der Waals surface area contributed by atoms with Crippen LogP contribution in [0.5, 0.6) is 5.75 Å². The largest absolute Gasteiger partial charge is 0.494 e. The molecule has 0 saturated heterocycles. The molecule has 5 heteroatoms. The molecule has 128 valence electrons. The number of ether oxygens (including phenoxy) is 1. The maximum absolute atomic E-state index is 12.2. The van der Waals surface area contributed by atoms with Crippen LogP contribution >= 0.6 is 11.3 Å². The summed E-state index contributed by atoms with van der Waals surface area (Å²) in [6.07, 6.45) is 0.273. The van der Waals surface area contributed by atoms with Crippen LogP contribution in [-0.4, -0.2) is 17.5 Å². The zero-order valence-electron chi connectivity index (χ0n) is 14.3. The van der Waals surface area contributed by atoms with Crippen molar-refractivity contribution < 1.29 is 9.53 Å². The van der Waals surface area contributed by atoms with E-state index in [0.717, 1.165) is 33.3 Å². The molecule has 1 aromatic heterocycles. The van der Waals surface area contributed by atoms with Crippen LogP contribution in [0.4, 0.5) is 5.69 Å². The van der Waals surface area contributed by atoms with Gasteiger partial charge in [-0.3, -0.25) is 4.79 Å². The van der Waals surface area contributed by atoms with E-state index in [4.69, 9.17) is 4.74 Å². The smallest absolute Gasteiger partial charge is 0.231 e. The van der Waals surface area contributed by atoms with Crippen molar-refractivity contribution in [2.24, 2.45) is 0 Å². The van der Waals surface area contributed by atoms with Gasteiger partial charge in [0.2, 0.25) is 5.91 Å². The number of rotatable bonds is 6. The van der Waals surface area contributed by atoms with Gasteiger partial charge in [-0.1, -0.05) is 17.7 Å². The molecular formula is C20H20N2O2S. The van der Waals surface area contributed by atoms with E-state index in [2.05, 4.69) is 10.3 Å². The van der Waals surface area contributed by atoms with Gasteiger partial charge in [-0.25, -0.2) is 4.98 Å². The van der Waals surface area contributed by atoms with Crippen LogP contribution in [0.3, 0.4) is 0 Å². The Morgan fingerprint density at radius 2 is 1.84 bits per heavy atom. The quantitative estimate of drug-likeness (QED) is 0.700. The summed E-state index contributed by atoms with van der Waals surface area (Å²) < 4.78 is 5.45. The van der Waals surface area contributed by atoms with Gasteiger partial charge < -0.3 is 10.1 Å². The zero-order valence-corrected chi connectivity index (χ0v) is 15.1. The van der Waals surface area contributed by atoms with Crippen LogP contribution in [0, 0.1) is 6.92 Å². The van der Waals surface area contributed by atoms with Crippen LogP contribution < -0.4 is 10.1 Å². The van der Waals surface area contributed by atoms with E-state index in [1.165, 1.54) is 11.3 Å². The number of thiazole rings is 1. The highest BCUT2D eigenvalue weighted by Crippen LogP contribution is 2.24. The van der Waals surface area contributed by atoms with Gasteiger partial charge in [-0.15, -0.1) is 11.3 Å². The monoisotopic (exact) mass is 352 g/mol. The van der Waals surface area contributed by atoms with Gasteiger partial charge in [0.05, 0.1) is 18.7 Å². The third-order valence-electron chi connectivity index (χ3n) is 3.66. The van der Waals surface area contributed by atoms with Crippen molar-refractivity contribution in [1.29, 1.82) is 0 Å². The maximum atomic E-state index is 12.2. The second-order valence-corrected chi connectivity index (χ2v) is 6.62. The molecular weight excluding hydrogens is 332 g/mol. The van der Waals surface area contributed by atoms with Gasteiger partial charge in [-0.2, -0.15) is 0 Å². The van der Waals surface area contributed by atoms with Gasteiger partial charge in [0.15, 0.2) is 0 Å². The molecule has 4 nitrogen and oxygen atoms in total. The molecule has 0 bridgehead atoms. The Labute approximate surface area is 151 Å². The average molecular weight is 352 g/mol. The Balaban J connectivity index is 1.62. The molecule has 0 fully saturated rings. The van der Waals surface area contributed by atoms with E-state index in [0.29, 0.717) is 6.61 Å². The standard InChI is InChI=1S/C20H20N2O2S/c1-3-24-17-10-6-15(7-11-17)18-13-25-20(22-18)12-19(23)21-16-8-4-14(2)5-9-16/h4-11,13H,3,12H2,1-2H3,(H,21,23).